The maximum Gasteiger partial charge on any atom is 0.229 e. The number of carbonyl (C=O) groups excluding carboxylic acids is 2. The van der Waals surface area contributed by atoms with E-state index in [-0.39, 0.29) is 30.5 Å². The fraction of sp³-hybridized carbons (Fsp3) is 0.263. The van der Waals surface area contributed by atoms with Gasteiger partial charge < -0.3 is 15.1 Å². The predicted molar refractivity (Wildman–Crippen MR) is 96.2 cm³/mol. The summed E-state index contributed by atoms with van der Waals surface area (Å²) in [6, 6.07) is 10.2. The molecule has 0 aromatic heterocycles. The summed E-state index contributed by atoms with van der Waals surface area (Å²) < 4.78 is 26.8. The maximum absolute atomic E-state index is 13.4. The molecule has 7 heteroatoms. The van der Waals surface area contributed by atoms with Crippen LogP contribution in [0, 0.1) is 17.6 Å². The molecule has 2 amide bonds. The van der Waals surface area contributed by atoms with Crippen molar-refractivity contribution < 1.29 is 18.4 Å². The number of halogens is 2. The fourth-order valence-corrected chi connectivity index (χ4v) is 2.92. The number of nitrogens with one attached hydrogen (secondary N) is 1. The molecule has 1 aliphatic heterocycles. The van der Waals surface area contributed by atoms with E-state index in [4.69, 9.17) is 0 Å². The summed E-state index contributed by atoms with van der Waals surface area (Å²) in [6.07, 6.45) is -0.000251. The number of anilines is 3. The fourth-order valence-electron chi connectivity index (χ4n) is 2.92. The molecule has 0 radical (unpaired) electrons. The standard InChI is InChI=1S/C19H19F2N3O2/c1-23(2)16-5-3-15(4-6-16)22-19(26)12-7-18(25)24(11-12)17-9-13(20)8-14(21)10-17/h3-6,8-10,12H,7,11H2,1-2H3,(H,22,26). The summed E-state index contributed by atoms with van der Waals surface area (Å²) in [5, 5.41) is 2.78. The first kappa shape index (κ1) is 17.8. The van der Waals surface area contributed by atoms with Crippen LogP contribution in [0.2, 0.25) is 0 Å². The van der Waals surface area contributed by atoms with Crippen molar-refractivity contribution in [2.24, 2.45) is 5.92 Å². The zero-order valence-electron chi connectivity index (χ0n) is 14.5. The molecule has 1 heterocycles. The van der Waals surface area contributed by atoms with Gasteiger partial charge in [0.25, 0.3) is 0 Å². The van der Waals surface area contributed by atoms with E-state index in [9.17, 15) is 18.4 Å². The molecule has 1 N–H and O–H groups in total. The molecule has 3 rings (SSSR count). The lowest BCUT2D eigenvalue weighted by Gasteiger charge is -2.17. The van der Waals surface area contributed by atoms with Gasteiger partial charge in [-0.15, -0.1) is 0 Å². The van der Waals surface area contributed by atoms with Gasteiger partial charge in [0, 0.05) is 50.2 Å². The molecule has 1 unspecified atom stereocenters. The molecule has 1 fully saturated rings. The lowest BCUT2D eigenvalue weighted by atomic mass is 10.1. The Morgan fingerprint density at radius 3 is 2.31 bits per heavy atom. The van der Waals surface area contributed by atoms with Crippen LogP contribution < -0.4 is 15.1 Å². The summed E-state index contributed by atoms with van der Waals surface area (Å²) in [7, 11) is 3.84. The quantitative estimate of drug-likeness (QED) is 0.913. The van der Waals surface area contributed by atoms with Gasteiger partial charge in [-0.2, -0.15) is 0 Å². The van der Waals surface area contributed by atoms with E-state index in [0.29, 0.717) is 5.69 Å². The third-order valence-corrected chi connectivity index (χ3v) is 4.31. The Morgan fingerprint density at radius 1 is 1.12 bits per heavy atom. The minimum atomic E-state index is -0.762. The van der Waals surface area contributed by atoms with Gasteiger partial charge in [0.2, 0.25) is 11.8 Å². The average Bonchev–Trinajstić information content (AvgIpc) is 2.96. The summed E-state index contributed by atoms with van der Waals surface area (Å²) >= 11 is 0. The Bertz CT molecular complexity index is 817. The van der Waals surface area contributed by atoms with Crippen LogP contribution in [0.3, 0.4) is 0 Å². The van der Waals surface area contributed by atoms with Crippen LogP contribution in [0.25, 0.3) is 0 Å². The molecule has 1 atom stereocenters. The van der Waals surface area contributed by atoms with Gasteiger partial charge in [-0.05, 0) is 36.4 Å². The highest BCUT2D eigenvalue weighted by atomic mass is 19.1. The minimum absolute atomic E-state index is 0.000251. The second-order valence-electron chi connectivity index (χ2n) is 6.46. The number of amides is 2. The van der Waals surface area contributed by atoms with E-state index in [1.54, 1.807) is 12.1 Å². The second kappa shape index (κ2) is 7.11. The first-order chi connectivity index (χ1) is 12.3. The van der Waals surface area contributed by atoms with E-state index in [1.165, 1.54) is 4.90 Å². The van der Waals surface area contributed by atoms with Crippen molar-refractivity contribution in [1.29, 1.82) is 0 Å². The van der Waals surface area contributed by atoms with E-state index in [1.807, 2.05) is 31.1 Å². The Morgan fingerprint density at radius 2 is 1.73 bits per heavy atom. The molecule has 2 aromatic rings. The van der Waals surface area contributed by atoms with E-state index in [0.717, 1.165) is 23.9 Å². The van der Waals surface area contributed by atoms with Crippen molar-refractivity contribution >= 4 is 28.9 Å². The summed E-state index contributed by atoms with van der Waals surface area (Å²) in [5.41, 5.74) is 1.75. The van der Waals surface area contributed by atoms with Crippen molar-refractivity contribution in [2.75, 3.05) is 35.8 Å². The van der Waals surface area contributed by atoms with E-state index in [2.05, 4.69) is 5.32 Å². The van der Waals surface area contributed by atoms with Crippen molar-refractivity contribution in [3.05, 3.63) is 54.1 Å². The molecule has 5 nitrogen and oxygen atoms in total. The zero-order valence-corrected chi connectivity index (χ0v) is 14.5. The predicted octanol–water partition coefficient (Wildman–Crippen LogP) is 3.02. The molecule has 0 bridgehead atoms. The second-order valence-corrected chi connectivity index (χ2v) is 6.46. The first-order valence-corrected chi connectivity index (χ1v) is 8.18. The molecule has 2 aromatic carbocycles. The van der Waals surface area contributed by atoms with Crippen LogP contribution >= 0.6 is 0 Å². The lowest BCUT2D eigenvalue weighted by Crippen LogP contribution is -2.28. The zero-order chi connectivity index (χ0) is 18.8. The van der Waals surface area contributed by atoms with Gasteiger partial charge in [-0.1, -0.05) is 0 Å². The average molecular weight is 359 g/mol. The monoisotopic (exact) mass is 359 g/mol. The summed E-state index contributed by atoms with van der Waals surface area (Å²) in [4.78, 5) is 27.8. The highest BCUT2D eigenvalue weighted by Gasteiger charge is 2.35. The molecule has 26 heavy (non-hydrogen) atoms. The Kier molecular flexibility index (Phi) is 4.88. The van der Waals surface area contributed by atoms with Crippen LogP contribution in [0.5, 0.6) is 0 Å². The molecular formula is C19H19F2N3O2. The SMILES string of the molecule is CN(C)c1ccc(NC(=O)C2CC(=O)N(c3cc(F)cc(F)c3)C2)cc1. The normalized spacial score (nSPS) is 16.7. The number of hydrogen-bond acceptors (Lipinski definition) is 3. The molecular weight excluding hydrogens is 340 g/mol. The lowest BCUT2D eigenvalue weighted by molar-refractivity contribution is -0.122. The van der Waals surface area contributed by atoms with Crippen molar-refractivity contribution in [3.8, 4) is 0 Å². The van der Waals surface area contributed by atoms with Gasteiger partial charge in [0.05, 0.1) is 5.92 Å². The molecule has 0 saturated carbocycles. The summed E-state index contributed by atoms with van der Waals surface area (Å²) in [6.45, 7) is 0.0866. The maximum atomic E-state index is 13.4. The highest BCUT2D eigenvalue weighted by molar-refractivity contribution is 6.03. The van der Waals surface area contributed by atoms with Crippen LogP contribution in [-0.4, -0.2) is 32.5 Å². The molecule has 0 spiro atoms. The van der Waals surface area contributed by atoms with Gasteiger partial charge >= 0.3 is 0 Å². The van der Waals surface area contributed by atoms with Crippen molar-refractivity contribution in [2.45, 2.75) is 6.42 Å². The Labute approximate surface area is 150 Å². The van der Waals surface area contributed by atoms with E-state index >= 15 is 0 Å². The van der Waals surface area contributed by atoms with Crippen molar-refractivity contribution in [1.82, 2.24) is 0 Å². The third kappa shape index (κ3) is 3.82. The van der Waals surface area contributed by atoms with Gasteiger partial charge in [-0.25, -0.2) is 8.78 Å². The van der Waals surface area contributed by atoms with Gasteiger partial charge in [0.15, 0.2) is 0 Å². The smallest absolute Gasteiger partial charge is 0.229 e. The Hall–Kier alpha value is -2.96. The van der Waals surface area contributed by atoms with Gasteiger partial charge in [-0.3, -0.25) is 9.59 Å². The Balaban J connectivity index is 1.68. The largest absolute Gasteiger partial charge is 0.378 e. The highest BCUT2D eigenvalue weighted by Crippen LogP contribution is 2.27. The molecule has 1 saturated heterocycles. The number of hydrogen-bond donors (Lipinski definition) is 1. The minimum Gasteiger partial charge on any atom is -0.378 e. The summed E-state index contributed by atoms with van der Waals surface area (Å²) in [5.74, 6) is -2.74. The topological polar surface area (TPSA) is 52.7 Å². The number of carbonyl (C=O) groups is 2. The molecule has 0 aliphatic carbocycles. The van der Waals surface area contributed by atoms with E-state index < -0.39 is 17.6 Å². The van der Waals surface area contributed by atoms with Crippen LogP contribution in [0.15, 0.2) is 42.5 Å². The number of benzene rings is 2. The number of rotatable bonds is 4. The third-order valence-electron chi connectivity index (χ3n) is 4.31. The first-order valence-electron chi connectivity index (χ1n) is 8.18. The van der Waals surface area contributed by atoms with Crippen LogP contribution in [0.1, 0.15) is 6.42 Å². The molecule has 136 valence electrons. The number of nitrogens with zero attached hydrogens (tertiary/aromatic N) is 2. The van der Waals surface area contributed by atoms with Crippen molar-refractivity contribution in [3.63, 3.8) is 0 Å². The molecule has 1 aliphatic rings. The van der Waals surface area contributed by atoms with Gasteiger partial charge in [0.1, 0.15) is 11.6 Å². The van der Waals surface area contributed by atoms with Crippen LogP contribution in [0.4, 0.5) is 25.8 Å². The van der Waals surface area contributed by atoms with Crippen LogP contribution in [-0.2, 0) is 9.59 Å².